The number of piperazine rings is 1. The van der Waals surface area contributed by atoms with E-state index in [4.69, 9.17) is 11.6 Å². The van der Waals surface area contributed by atoms with Gasteiger partial charge in [-0.05, 0) is 6.42 Å². The lowest BCUT2D eigenvalue weighted by atomic mass is 10.2. The Hall–Kier alpha value is -0.630. The second-order valence-electron chi connectivity index (χ2n) is 5.55. The minimum absolute atomic E-state index is 0.223. The Labute approximate surface area is 124 Å². The van der Waals surface area contributed by atoms with Gasteiger partial charge in [0.05, 0.1) is 29.4 Å². The minimum atomic E-state index is -2.79. The SMILES string of the molecule is O=S1(=O)CC[C@H](N2CCN(Cn3cc(Cl)cn3)CC2)C1. The molecule has 0 aliphatic carbocycles. The number of sulfone groups is 1. The molecule has 0 amide bonds. The average Bonchev–Trinajstić information content (AvgIpc) is 2.96. The summed E-state index contributed by atoms with van der Waals surface area (Å²) in [4.78, 5) is 4.63. The zero-order valence-electron chi connectivity index (χ0n) is 11.3. The van der Waals surface area contributed by atoms with Crippen molar-refractivity contribution >= 4 is 21.4 Å². The van der Waals surface area contributed by atoms with Crippen molar-refractivity contribution in [3.8, 4) is 0 Å². The van der Waals surface area contributed by atoms with Crippen LogP contribution in [0.15, 0.2) is 12.4 Å². The topological polar surface area (TPSA) is 58.4 Å². The number of nitrogens with zero attached hydrogens (tertiary/aromatic N) is 4. The van der Waals surface area contributed by atoms with Crippen LogP contribution in [0.1, 0.15) is 6.42 Å². The maximum atomic E-state index is 11.5. The monoisotopic (exact) mass is 318 g/mol. The molecule has 0 aromatic carbocycles. The summed E-state index contributed by atoms with van der Waals surface area (Å²) in [5.74, 6) is 0.686. The van der Waals surface area contributed by atoms with E-state index in [1.807, 2.05) is 10.9 Å². The standard InChI is InChI=1S/C12H19ClN4O2S/c13-11-7-14-17(8-11)10-15-2-4-16(5-3-15)12-1-6-20(18,19)9-12/h7-8,12H,1-6,9-10H2/t12-/m0/s1. The summed E-state index contributed by atoms with van der Waals surface area (Å²) in [6.07, 6.45) is 4.25. The van der Waals surface area contributed by atoms with Gasteiger partial charge in [-0.3, -0.25) is 14.5 Å². The highest BCUT2D eigenvalue weighted by atomic mass is 35.5. The van der Waals surface area contributed by atoms with Crippen LogP contribution in [0, 0.1) is 0 Å². The van der Waals surface area contributed by atoms with Gasteiger partial charge in [-0.2, -0.15) is 5.10 Å². The van der Waals surface area contributed by atoms with Crippen molar-refractivity contribution in [3.05, 3.63) is 17.4 Å². The summed E-state index contributed by atoms with van der Waals surface area (Å²) in [6.45, 7) is 4.47. The number of hydrogen-bond donors (Lipinski definition) is 0. The smallest absolute Gasteiger partial charge is 0.151 e. The molecule has 6 nitrogen and oxygen atoms in total. The summed E-state index contributed by atoms with van der Waals surface area (Å²) >= 11 is 5.85. The van der Waals surface area contributed by atoms with Crippen LogP contribution in [-0.2, 0) is 16.5 Å². The molecule has 8 heteroatoms. The molecule has 1 aromatic rings. The predicted molar refractivity (Wildman–Crippen MR) is 77.4 cm³/mol. The molecule has 0 unspecified atom stereocenters. The van der Waals surface area contributed by atoms with Crippen molar-refractivity contribution in [3.63, 3.8) is 0 Å². The van der Waals surface area contributed by atoms with Crippen LogP contribution in [0.2, 0.25) is 5.02 Å². The van der Waals surface area contributed by atoms with Gasteiger partial charge in [0, 0.05) is 38.4 Å². The van der Waals surface area contributed by atoms with Gasteiger partial charge in [-0.1, -0.05) is 11.6 Å². The largest absolute Gasteiger partial charge is 0.297 e. The Morgan fingerprint density at radius 1 is 1.30 bits per heavy atom. The van der Waals surface area contributed by atoms with E-state index in [0.29, 0.717) is 16.5 Å². The maximum Gasteiger partial charge on any atom is 0.151 e. The van der Waals surface area contributed by atoms with Gasteiger partial charge in [0.15, 0.2) is 9.84 Å². The fourth-order valence-electron chi connectivity index (χ4n) is 2.95. The van der Waals surface area contributed by atoms with Crippen molar-refractivity contribution in [2.45, 2.75) is 19.1 Å². The lowest BCUT2D eigenvalue weighted by molar-refractivity contribution is 0.0814. The Morgan fingerprint density at radius 3 is 2.60 bits per heavy atom. The molecule has 2 aliphatic heterocycles. The van der Waals surface area contributed by atoms with E-state index >= 15 is 0 Å². The molecule has 0 radical (unpaired) electrons. The van der Waals surface area contributed by atoms with Crippen molar-refractivity contribution in [2.24, 2.45) is 0 Å². The fourth-order valence-corrected chi connectivity index (χ4v) is 4.87. The second-order valence-corrected chi connectivity index (χ2v) is 8.22. The van der Waals surface area contributed by atoms with Crippen LogP contribution < -0.4 is 0 Å². The van der Waals surface area contributed by atoms with Gasteiger partial charge >= 0.3 is 0 Å². The Bertz CT molecular complexity index is 566. The summed E-state index contributed by atoms with van der Waals surface area (Å²) in [5, 5.41) is 4.83. The third-order valence-corrected chi connectivity index (χ3v) is 6.02. The van der Waals surface area contributed by atoms with E-state index in [9.17, 15) is 8.42 Å². The number of rotatable bonds is 3. The Kier molecular flexibility index (Phi) is 4.03. The zero-order chi connectivity index (χ0) is 14.2. The van der Waals surface area contributed by atoms with E-state index in [1.165, 1.54) is 0 Å². The first kappa shape index (κ1) is 14.3. The third kappa shape index (κ3) is 3.33. The van der Waals surface area contributed by atoms with Crippen molar-refractivity contribution in [1.82, 2.24) is 19.6 Å². The van der Waals surface area contributed by atoms with E-state index in [-0.39, 0.29) is 6.04 Å². The molecule has 2 fully saturated rings. The molecular weight excluding hydrogens is 300 g/mol. The van der Waals surface area contributed by atoms with Gasteiger partial charge in [0.1, 0.15) is 0 Å². The lowest BCUT2D eigenvalue weighted by Gasteiger charge is -2.37. The molecule has 20 heavy (non-hydrogen) atoms. The van der Waals surface area contributed by atoms with Crippen molar-refractivity contribution in [2.75, 3.05) is 37.7 Å². The molecule has 0 bridgehead atoms. The van der Waals surface area contributed by atoms with Crippen LogP contribution in [-0.4, -0.2) is 71.7 Å². The van der Waals surface area contributed by atoms with Gasteiger partial charge in [0.2, 0.25) is 0 Å². The Balaban J connectivity index is 1.50. The summed E-state index contributed by atoms with van der Waals surface area (Å²) < 4.78 is 24.9. The van der Waals surface area contributed by atoms with Crippen molar-refractivity contribution in [1.29, 1.82) is 0 Å². The van der Waals surface area contributed by atoms with E-state index < -0.39 is 9.84 Å². The maximum absolute atomic E-state index is 11.5. The van der Waals surface area contributed by atoms with Crippen LogP contribution >= 0.6 is 11.6 Å². The summed E-state index contributed by atoms with van der Waals surface area (Å²) in [7, 11) is -2.79. The molecular formula is C12H19ClN4O2S. The molecule has 0 N–H and O–H groups in total. The molecule has 1 aromatic heterocycles. The first-order valence-electron chi connectivity index (χ1n) is 6.87. The Morgan fingerprint density at radius 2 is 2.05 bits per heavy atom. The van der Waals surface area contributed by atoms with E-state index in [2.05, 4.69) is 14.9 Å². The second kappa shape index (κ2) is 5.63. The molecule has 0 saturated carbocycles. The molecule has 2 aliphatic rings. The fraction of sp³-hybridized carbons (Fsp3) is 0.750. The molecule has 0 spiro atoms. The van der Waals surface area contributed by atoms with Crippen LogP contribution in [0.4, 0.5) is 0 Å². The van der Waals surface area contributed by atoms with Gasteiger partial charge in [-0.25, -0.2) is 8.42 Å². The third-order valence-electron chi connectivity index (χ3n) is 4.08. The van der Waals surface area contributed by atoms with Crippen LogP contribution in [0.5, 0.6) is 0 Å². The highest BCUT2D eigenvalue weighted by molar-refractivity contribution is 7.91. The molecule has 3 rings (SSSR count). The number of halogens is 1. The average molecular weight is 319 g/mol. The van der Waals surface area contributed by atoms with E-state index in [0.717, 1.165) is 39.3 Å². The number of hydrogen-bond acceptors (Lipinski definition) is 5. The highest BCUT2D eigenvalue weighted by Gasteiger charge is 2.33. The summed E-state index contributed by atoms with van der Waals surface area (Å²) in [6, 6.07) is 0.223. The van der Waals surface area contributed by atoms with Crippen LogP contribution in [0.3, 0.4) is 0 Å². The highest BCUT2D eigenvalue weighted by Crippen LogP contribution is 2.19. The lowest BCUT2D eigenvalue weighted by Crippen LogP contribution is -2.50. The van der Waals surface area contributed by atoms with Crippen molar-refractivity contribution < 1.29 is 8.42 Å². The molecule has 1 atom stereocenters. The van der Waals surface area contributed by atoms with E-state index in [1.54, 1.807) is 6.20 Å². The van der Waals surface area contributed by atoms with Gasteiger partial charge in [0.25, 0.3) is 0 Å². The normalized spacial score (nSPS) is 27.9. The zero-order valence-corrected chi connectivity index (χ0v) is 12.9. The summed E-state index contributed by atoms with van der Waals surface area (Å²) in [5.41, 5.74) is 0. The molecule has 2 saturated heterocycles. The molecule has 3 heterocycles. The minimum Gasteiger partial charge on any atom is -0.297 e. The van der Waals surface area contributed by atoms with Gasteiger partial charge in [-0.15, -0.1) is 0 Å². The predicted octanol–water partition coefficient (Wildman–Crippen LogP) is 0.299. The first-order valence-corrected chi connectivity index (χ1v) is 9.06. The number of aromatic nitrogens is 2. The molecule has 112 valence electrons. The quantitative estimate of drug-likeness (QED) is 0.802. The van der Waals surface area contributed by atoms with Crippen LogP contribution in [0.25, 0.3) is 0 Å². The van der Waals surface area contributed by atoms with Gasteiger partial charge < -0.3 is 0 Å². The first-order chi connectivity index (χ1) is 9.52.